The van der Waals surface area contributed by atoms with Crippen molar-refractivity contribution in [1.29, 1.82) is 0 Å². The molecule has 1 unspecified atom stereocenters. The first-order chi connectivity index (χ1) is 8.24. The molecule has 1 aromatic carbocycles. The molecule has 0 amide bonds. The van der Waals surface area contributed by atoms with Crippen LogP contribution in [0.1, 0.15) is 24.8 Å². The van der Waals surface area contributed by atoms with Gasteiger partial charge in [0, 0.05) is 18.9 Å². The topological polar surface area (TPSA) is 41.5 Å². The van der Waals surface area contributed by atoms with Crippen molar-refractivity contribution in [2.75, 3.05) is 25.1 Å². The average Bonchev–Trinajstić information content (AvgIpc) is 2.55. The number of aliphatic hydroxyl groups excluding tert-OH is 1. The quantitative estimate of drug-likeness (QED) is 0.845. The van der Waals surface area contributed by atoms with Crippen LogP contribution in [0.5, 0.6) is 0 Å². The molecular weight excluding hydrogens is 214 g/mol. The monoisotopic (exact) mass is 235 g/mol. The van der Waals surface area contributed by atoms with Crippen molar-refractivity contribution in [3.05, 3.63) is 29.8 Å². The maximum atomic E-state index is 9.68. The standard InChI is InChI=1S/C14H21NO2/c1-12-4-2-5-13(10-12)15-14(11-16)6-3-8-17-9-7-14/h2,4-5,10,15-16H,3,6-9,11H2,1H3. The smallest absolute Gasteiger partial charge is 0.0662 e. The molecule has 0 saturated carbocycles. The van der Waals surface area contributed by atoms with E-state index in [-0.39, 0.29) is 12.1 Å². The molecule has 2 rings (SSSR count). The van der Waals surface area contributed by atoms with Gasteiger partial charge in [-0.3, -0.25) is 0 Å². The van der Waals surface area contributed by atoms with Crippen LogP contribution in [0.25, 0.3) is 0 Å². The Morgan fingerprint density at radius 1 is 1.35 bits per heavy atom. The van der Waals surface area contributed by atoms with Crippen LogP contribution in [0.4, 0.5) is 5.69 Å². The predicted molar refractivity (Wildman–Crippen MR) is 69.3 cm³/mol. The first kappa shape index (κ1) is 12.4. The summed E-state index contributed by atoms with van der Waals surface area (Å²) in [5.41, 5.74) is 2.10. The first-order valence-electron chi connectivity index (χ1n) is 6.28. The van der Waals surface area contributed by atoms with Gasteiger partial charge in [-0.15, -0.1) is 0 Å². The lowest BCUT2D eigenvalue weighted by Gasteiger charge is -2.32. The van der Waals surface area contributed by atoms with Gasteiger partial charge < -0.3 is 15.2 Å². The molecular formula is C14H21NO2. The molecule has 0 aromatic heterocycles. The molecule has 3 nitrogen and oxygen atoms in total. The van der Waals surface area contributed by atoms with Crippen LogP contribution < -0.4 is 5.32 Å². The summed E-state index contributed by atoms with van der Waals surface area (Å²) in [4.78, 5) is 0. The molecule has 1 heterocycles. The fraction of sp³-hybridized carbons (Fsp3) is 0.571. The highest BCUT2D eigenvalue weighted by Gasteiger charge is 2.30. The van der Waals surface area contributed by atoms with Crippen molar-refractivity contribution in [2.24, 2.45) is 0 Å². The van der Waals surface area contributed by atoms with Crippen molar-refractivity contribution < 1.29 is 9.84 Å². The van der Waals surface area contributed by atoms with E-state index in [1.54, 1.807) is 0 Å². The zero-order valence-electron chi connectivity index (χ0n) is 10.4. The number of hydrogen-bond donors (Lipinski definition) is 2. The van der Waals surface area contributed by atoms with Gasteiger partial charge in [0.15, 0.2) is 0 Å². The van der Waals surface area contributed by atoms with E-state index in [1.165, 1.54) is 5.56 Å². The Morgan fingerprint density at radius 2 is 2.24 bits per heavy atom. The third kappa shape index (κ3) is 3.20. The SMILES string of the molecule is Cc1cccc(NC2(CO)CCCOCC2)c1. The highest BCUT2D eigenvalue weighted by Crippen LogP contribution is 2.26. The van der Waals surface area contributed by atoms with Gasteiger partial charge >= 0.3 is 0 Å². The molecule has 0 radical (unpaired) electrons. The molecule has 94 valence electrons. The number of rotatable bonds is 3. The van der Waals surface area contributed by atoms with Crippen molar-refractivity contribution in [3.8, 4) is 0 Å². The van der Waals surface area contributed by atoms with Crippen LogP contribution in [0.15, 0.2) is 24.3 Å². The van der Waals surface area contributed by atoms with Crippen LogP contribution in [0, 0.1) is 6.92 Å². The Balaban J connectivity index is 2.12. The van der Waals surface area contributed by atoms with Crippen molar-refractivity contribution in [2.45, 2.75) is 31.7 Å². The minimum Gasteiger partial charge on any atom is -0.394 e. The largest absolute Gasteiger partial charge is 0.394 e. The average molecular weight is 235 g/mol. The maximum absolute atomic E-state index is 9.68. The zero-order valence-corrected chi connectivity index (χ0v) is 10.4. The molecule has 1 atom stereocenters. The second-order valence-corrected chi connectivity index (χ2v) is 4.90. The summed E-state index contributed by atoms with van der Waals surface area (Å²) >= 11 is 0. The Morgan fingerprint density at radius 3 is 3.00 bits per heavy atom. The number of aryl methyl sites for hydroxylation is 1. The number of ether oxygens (including phenoxy) is 1. The summed E-state index contributed by atoms with van der Waals surface area (Å²) < 4.78 is 5.46. The number of nitrogens with one attached hydrogen (secondary N) is 1. The summed E-state index contributed by atoms with van der Waals surface area (Å²) in [6.07, 6.45) is 2.81. The van der Waals surface area contributed by atoms with Gasteiger partial charge in [0.1, 0.15) is 0 Å². The van der Waals surface area contributed by atoms with Crippen LogP contribution in [0.3, 0.4) is 0 Å². The lowest BCUT2D eigenvalue weighted by Crippen LogP contribution is -2.42. The third-order valence-electron chi connectivity index (χ3n) is 3.40. The Labute approximate surface area is 103 Å². The Hall–Kier alpha value is -1.06. The van der Waals surface area contributed by atoms with Gasteiger partial charge in [-0.1, -0.05) is 12.1 Å². The number of hydrogen-bond acceptors (Lipinski definition) is 3. The molecule has 1 aromatic rings. The van der Waals surface area contributed by atoms with Gasteiger partial charge in [-0.25, -0.2) is 0 Å². The predicted octanol–water partition coefficient (Wildman–Crippen LogP) is 2.34. The summed E-state index contributed by atoms with van der Waals surface area (Å²) in [6, 6.07) is 8.28. The Kier molecular flexibility index (Phi) is 4.02. The lowest BCUT2D eigenvalue weighted by atomic mass is 9.91. The van der Waals surface area contributed by atoms with E-state index in [2.05, 4.69) is 30.4 Å². The van der Waals surface area contributed by atoms with Gasteiger partial charge in [-0.05, 0) is 43.9 Å². The molecule has 1 aliphatic rings. The minimum atomic E-state index is -0.218. The molecule has 0 spiro atoms. The fourth-order valence-electron chi connectivity index (χ4n) is 2.36. The molecule has 1 fully saturated rings. The summed E-state index contributed by atoms with van der Waals surface area (Å²) in [5, 5.41) is 13.2. The molecule has 3 heteroatoms. The van der Waals surface area contributed by atoms with E-state index in [0.29, 0.717) is 0 Å². The Bertz CT molecular complexity index is 357. The van der Waals surface area contributed by atoms with Crippen LogP contribution in [0.2, 0.25) is 0 Å². The molecule has 1 saturated heterocycles. The number of aliphatic hydroxyl groups is 1. The van der Waals surface area contributed by atoms with Crippen molar-refractivity contribution in [3.63, 3.8) is 0 Å². The van der Waals surface area contributed by atoms with Gasteiger partial charge in [0.05, 0.1) is 12.1 Å². The second kappa shape index (κ2) is 5.52. The first-order valence-corrected chi connectivity index (χ1v) is 6.28. The van der Waals surface area contributed by atoms with E-state index in [0.717, 1.165) is 38.2 Å². The van der Waals surface area contributed by atoms with Gasteiger partial charge in [0.25, 0.3) is 0 Å². The minimum absolute atomic E-state index is 0.157. The molecule has 0 bridgehead atoms. The lowest BCUT2D eigenvalue weighted by molar-refractivity contribution is 0.132. The van der Waals surface area contributed by atoms with Crippen LogP contribution >= 0.6 is 0 Å². The molecule has 0 aliphatic carbocycles. The van der Waals surface area contributed by atoms with Gasteiger partial charge in [0.2, 0.25) is 0 Å². The van der Waals surface area contributed by atoms with Crippen LogP contribution in [-0.2, 0) is 4.74 Å². The normalized spacial score (nSPS) is 25.3. The van der Waals surface area contributed by atoms with E-state index < -0.39 is 0 Å². The highest BCUT2D eigenvalue weighted by atomic mass is 16.5. The summed E-state index contributed by atoms with van der Waals surface area (Å²) in [5.74, 6) is 0. The second-order valence-electron chi connectivity index (χ2n) is 4.90. The highest BCUT2D eigenvalue weighted by molar-refractivity contribution is 5.47. The molecule has 17 heavy (non-hydrogen) atoms. The van der Waals surface area contributed by atoms with E-state index >= 15 is 0 Å². The fourth-order valence-corrected chi connectivity index (χ4v) is 2.36. The number of benzene rings is 1. The van der Waals surface area contributed by atoms with E-state index in [1.807, 2.05) is 6.07 Å². The van der Waals surface area contributed by atoms with E-state index in [9.17, 15) is 5.11 Å². The molecule has 1 aliphatic heterocycles. The zero-order chi connectivity index (χ0) is 12.1. The summed E-state index contributed by atoms with van der Waals surface area (Å²) in [6.45, 7) is 3.76. The van der Waals surface area contributed by atoms with Crippen molar-refractivity contribution in [1.82, 2.24) is 0 Å². The van der Waals surface area contributed by atoms with Crippen molar-refractivity contribution >= 4 is 5.69 Å². The van der Waals surface area contributed by atoms with E-state index in [4.69, 9.17) is 4.74 Å². The summed E-state index contributed by atoms with van der Waals surface area (Å²) in [7, 11) is 0. The van der Waals surface area contributed by atoms with Gasteiger partial charge in [-0.2, -0.15) is 0 Å². The van der Waals surface area contributed by atoms with Crippen LogP contribution in [-0.4, -0.2) is 30.5 Å². The molecule has 2 N–H and O–H groups in total. The maximum Gasteiger partial charge on any atom is 0.0662 e. The third-order valence-corrected chi connectivity index (χ3v) is 3.40. The number of anilines is 1.